The normalized spacial score (nSPS) is 11.2. The van der Waals surface area contributed by atoms with Gasteiger partial charge in [0.25, 0.3) is 5.91 Å². The molecular formula is C14H18N4OS. The second-order valence-corrected chi connectivity index (χ2v) is 6.07. The van der Waals surface area contributed by atoms with Crippen LogP contribution in [0.3, 0.4) is 0 Å². The molecule has 2 rings (SSSR count). The van der Waals surface area contributed by atoms with Crippen molar-refractivity contribution in [2.24, 2.45) is 5.84 Å². The Kier molecular flexibility index (Phi) is 4.36. The van der Waals surface area contributed by atoms with Gasteiger partial charge in [-0.1, -0.05) is 19.9 Å². The Labute approximate surface area is 122 Å². The van der Waals surface area contributed by atoms with Gasteiger partial charge >= 0.3 is 0 Å². The van der Waals surface area contributed by atoms with Crippen molar-refractivity contribution in [2.75, 3.05) is 12.0 Å². The van der Waals surface area contributed by atoms with Crippen molar-refractivity contribution < 1.29 is 4.79 Å². The van der Waals surface area contributed by atoms with Crippen molar-refractivity contribution in [1.82, 2.24) is 10.3 Å². The molecule has 0 saturated heterocycles. The van der Waals surface area contributed by atoms with E-state index < -0.39 is 0 Å². The molecular weight excluding hydrogens is 272 g/mol. The molecule has 0 aliphatic rings. The first-order valence-corrected chi connectivity index (χ1v) is 7.16. The maximum atomic E-state index is 12.1. The summed E-state index contributed by atoms with van der Waals surface area (Å²) in [4.78, 5) is 17.4. The molecule has 2 aromatic heterocycles. The van der Waals surface area contributed by atoms with E-state index in [1.165, 1.54) is 4.88 Å². The Morgan fingerprint density at radius 2 is 2.25 bits per heavy atom. The summed E-state index contributed by atoms with van der Waals surface area (Å²) in [7, 11) is 0. The van der Waals surface area contributed by atoms with E-state index in [1.807, 2.05) is 11.4 Å². The zero-order valence-electron chi connectivity index (χ0n) is 11.5. The van der Waals surface area contributed by atoms with Crippen molar-refractivity contribution >= 4 is 22.9 Å². The van der Waals surface area contributed by atoms with Gasteiger partial charge in [-0.05, 0) is 23.6 Å². The summed E-state index contributed by atoms with van der Waals surface area (Å²) in [5, 5.41) is 4.95. The molecule has 0 radical (unpaired) electrons. The molecule has 5 nitrogen and oxygen atoms in total. The SMILES string of the molecule is CC(C)(CNC(=O)c1cc(NN)ccn1)c1cccs1. The number of thiophene rings is 1. The lowest BCUT2D eigenvalue weighted by atomic mass is 9.91. The first-order chi connectivity index (χ1) is 9.53. The van der Waals surface area contributed by atoms with Crippen molar-refractivity contribution in [2.45, 2.75) is 19.3 Å². The number of carbonyl (C=O) groups is 1. The summed E-state index contributed by atoms with van der Waals surface area (Å²) in [6.07, 6.45) is 1.55. The Balaban J connectivity index is 2.01. The van der Waals surface area contributed by atoms with E-state index >= 15 is 0 Å². The van der Waals surface area contributed by atoms with Crippen LogP contribution in [-0.2, 0) is 5.41 Å². The number of rotatable bonds is 5. The van der Waals surface area contributed by atoms with E-state index in [1.54, 1.807) is 29.7 Å². The number of amides is 1. The molecule has 0 atom stereocenters. The lowest BCUT2D eigenvalue weighted by Crippen LogP contribution is -2.36. The first kappa shape index (κ1) is 14.5. The fourth-order valence-corrected chi connectivity index (χ4v) is 2.64. The molecule has 6 heteroatoms. The van der Waals surface area contributed by atoms with Gasteiger partial charge in [0.15, 0.2) is 0 Å². The van der Waals surface area contributed by atoms with Crippen LogP contribution >= 0.6 is 11.3 Å². The highest BCUT2D eigenvalue weighted by molar-refractivity contribution is 7.10. The maximum Gasteiger partial charge on any atom is 0.269 e. The van der Waals surface area contributed by atoms with Crippen LogP contribution < -0.4 is 16.6 Å². The summed E-state index contributed by atoms with van der Waals surface area (Å²) in [5.41, 5.74) is 3.40. The average Bonchev–Trinajstić information content (AvgIpc) is 3.00. The van der Waals surface area contributed by atoms with Gasteiger partial charge < -0.3 is 10.7 Å². The highest BCUT2D eigenvalue weighted by atomic mass is 32.1. The van der Waals surface area contributed by atoms with Crippen LogP contribution in [0.15, 0.2) is 35.8 Å². The van der Waals surface area contributed by atoms with Crippen LogP contribution in [0.25, 0.3) is 0 Å². The smallest absolute Gasteiger partial charge is 0.269 e. The van der Waals surface area contributed by atoms with Crippen molar-refractivity contribution in [3.63, 3.8) is 0 Å². The minimum absolute atomic E-state index is 0.104. The Hall–Kier alpha value is -1.92. The molecule has 0 unspecified atom stereocenters. The second-order valence-electron chi connectivity index (χ2n) is 5.12. The fraction of sp³-hybridized carbons (Fsp3) is 0.286. The van der Waals surface area contributed by atoms with E-state index in [-0.39, 0.29) is 11.3 Å². The number of hydrazine groups is 1. The summed E-state index contributed by atoms with van der Waals surface area (Å²) in [5.74, 6) is 5.12. The number of nitrogens with zero attached hydrogens (tertiary/aromatic N) is 1. The molecule has 4 N–H and O–H groups in total. The number of nitrogen functional groups attached to an aromatic ring is 1. The van der Waals surface area contributed by atoms with Gasteiger partial charge in [0.1, 0.15) is 5.69 Å². The van der Waals surface area contributed by atoms with E-state index in [2.05, 4.69) is 35.6 Å². The van der Waals surface area contributed by atoms with Gasteiger partial charge in [0.05, 0.1) is 5.69 Å². The predicted molar refractivity (Wildman–Crippen MR) is 81.7 cm³/mol. The van der Waals surface area contributed by atoms with E-state index in [0.29, 0.717) is 17.9 Å². The summed E-state index contributed by atoms with van der Waals surface area (Å²) < 4.78 is 0. The van der Waals surface area contributed by atoms with Crippen molar-refractivity contribution in [1.29, 1.82) is 0 Å². The minimum Gasteiger partial charge on any atom is -0.350 e. The quantitative estimate of drug-likeness (QED) is 0.582. The van der Waals surface area contributed by atoms with E-state index in [9.17, 15) is 4.79 Å². The van der Waals surface area contributed by atoms with Gasteiger partial charge in [-0.3, -0.25) is 15.6 Å². The topological polar surface area (TPSA) is 80.0 Å². The van der Waals surface area contributed by atoms with E-state index in [0.717, 1.165) is 0 Å². The lowest BCUT2D eigenvalue weighted by molar-refractivity contribution is 0.0941. The second kappa shape index (κ2) is 6.02. The Morgan fingerprint density at radius 3 is 2.90 bits per heavy atom. The molecule has 0 bridgehead atoms. The molecule has 2 heterocycles. The first-order valence-electron chi connectivity index (χ1n) is 6.28. The number of hydrogen-bond acceptors (Lipinski definition) is 5. The molecule has 0 spiro atoms. The zero-order chi connectivity index (χ0) is 14.6. The van der Waals surface area contributed by atoms with E-state index in [4.69, 9.17) is 5.84 Å². The van der Waals surface area contributed by atoms with Gasteiger partial charge in [-0.15, -0.1) is 11.3 Å². The monoisotopic (exact) mass is 290 g/mol. The number of anilines is 1. The van der Waals surface area contributed by atoms with Gasteiger partial charge in [-0.25, -0.2) is 0 Å². The minimum atomic E-state index is -0.202. The van der Waals surface area contributed by atoms with Crippen molar-refractivity contribution in [3.05, 3.63) is 46.4 Å². The number of hydrogen-bond donors (Lipinski definition) is 3. The number of aromatic nitrogens is 1. The Morgan fingerprint density at radius 1 is 1.45 bits per heavy atom. The third kappa shape index (κ3) is 3.34. The van der Waals surface area contributed by atoms with Crippen molar-refractivity contribution in [3.8, 4) is 0 Å². The molecule has 0 aliphatic heterocycles. The number of nitrogens with one attached hydrogen (secondary N) is 2. The number of nitrogens with two attached hydrogens (primary N) is 1. The van der Waals surface area contributed by atoms with Gasteiger partial charge in [0, 0.05) is 23.0 Å². The zero-order valence-corrected chi connectivity index (χ0v) is 12.3. The molecule has 20 heavy (non-hydrogen) atoms. The molecule has 2 aromatic rings. The molecule has 0 aromatic carbocycles. The maximum absolute atomic E-state index is 12.1. The predicted octanol–water partition coefficient (Wildman–Crippen LogP) is 2.14. The summed E-state index contributed by atoms with van der Waals surface area (Å²) in [6, 6.07) is 7.41. The largest absolute Gasteiger partial charge is 0.350 e. The molecule has 0 fully saturated rings. The average molecular weight is 290 g/mol. The van der Waals surface area contributed by atoms with Crippen LogP contribution in [-0.4, -0.2) is 17.4 Å². The van der Waals surface area contributed by atoms with Crippen LogP contribution in [0, 0.1) is 0 Å². The highest BCUT2D eigenvalue weighted by Gasteiger charge is 2.22. The standard InChI is InChI=1S/C14H18N4OS/c1-14(2,12-4-3-7-20-12)9-17-13(19)11-8-10(18-15)5-6-16-11/h3-8H,9,15H2,1-2H3,(H,16,18)(H,17,19). The molecule has 0 aliphatic carbocycles. The molecule has 0 saturated carbocycles. The van der Waals surface area contributed by atoms with Crippen LogP contribution in [0.4, 0.5) is 5.69 Å². The molecule has 106 valence electrons. The summed E-state index contributed by atoms with van der Waals surface area (Å²) >= 11 is 1.69. The summed E-state index contributed by atoms with van der Waals surface area (Å²) in [6.45, 7) is 4.75. The fourth-order valence-electron chi connectivity index (χ4n) is 1.79. The number of carbonyl (C=O) groups excluding carboxylic acids is 1. The lowest BCUT2D eigenvalue weighted by Gasteiger charge is -2.23. The highest BCUT2D eigenvalue weighted by Crippen LogP contribution is 2.26. The number of pyridine rings is 1. The molecule has 1 amide bonds. The third-order valence-electron chi connectivity index (χ3n) is 3.04. The van der Waals surface area contributed by atoms with Crippen LogP contribution in [0.5, 0.6) is 0 Å². The van der Waals surface area contributed by atoms with Crippen LogP contribution in [0.1, 0.15) is 29.2 Å². The van der Waals surface area contributed by atoms with Gasteiger partial charge in [-0.2, -0.15) is 0 Å². The van der Waals surface area contributed by atoms with Gasteiger partial charge in [0.2, 0.25) is 0 Å². The third-order valence-corrected chi connectivity index (χ3v) is 4.27. The Bertz CT molecular complexity index is 581. The van der Waals surface area contributed by atoms with Crippen LogP contribution in [0.2, 0.25) is 0 Å².